The van der Waals surface area contributed by atoms with Gasteiger partial charge in [-0.3, -0.25) is 9.98 Å². The lowest BCUT2D eigenvalue weighted by molar-refractivity contribution is -0.131. The Morgan fingerprint density at radius 1 is 1.32 bits per heavy atom. The molecule has 0 unspecified atom stereocenters. The topological polar surface area (TPSA) is 71.8 Å². The molecule has 0 radical (unpaired) electrons. The molecule has 2 aromatic rings. The molecule has 0 spiro atoms. The van der Waals surface area contributed by atoms with Gasteiger partial charge in [0.15, 0.2) is 0 Å². The summed E-state index contributed by atoms with van der Waals surface area (Å²) in [7, 11) is 0. The molecule has 110 valence electrons. The summed E-state index contributed by atoms with van der Waals surface area (Å²) < 4.78 is 5.68. The number of ether oxygens (including phenoxy) is 1. The molecular formula is C17H14N2O3. The highest BCUT2D eigenvalue weighted by Crippen LogP contribution is 2.21. The number of aliphatic imine (C=N–C) groups is 1. The summed E-state index contributed by atoms with van der Waals surface area (Å²) in [4.78, 5) is 18.1. The maximum absolute atomic E-state index is 10.3. The van der Waals surface area contributed by atoms with Gasteiger partial charge in [0.1, 0.15) is 11.5 Å². The Bertz CT molecular complexity index is 776. The summed E-state index contributed by atoms with van der Waals surface area (Å²) >= 11 is 0. The van der Waals surface area contributed by atoms with E-state index >= 15 is 0 Å². The minimum absolute atomic E-state index is 0.496. The van der Waals surface area contributed by atoms with Gasteiger partial charge in [-0.1, -0.05) is 12.6 Å². The van der Waals surface area contributed by atoms with Crippen molar-refractivity contribution < 1.29 is 14.6 Å². The molecule has 0 aliphatic rings. The van der Waals surface area contributed by atoms with Crippen LogP contribution in [0.15, 0.2) is 78.4 Å². The first-order chi connectivity index (χ1) is 10.7. The Hall–Kier alpha value is -3.21. The quantitative estimate of drug-likeness (QED) is 0.384. The highest BCUT2D eigenvalue weighted by atomic mass is 16.5. The molecule has 5 nitrogen and oxygen atoms in total. The van der Waals surface area contributed by atoms with Crippen molar-refractivity contribution in [3.05, 3.63) is 73.4 Å². The first-order valence-electron chi connectivity index (χ1n) is 6.46. The van der Waals surface area contributed by atoms with Crippen LogP contribution in [-0.2, 0) is 4.79 Å². The number of nitrogens with zero attached hydrogens (tertiary/aromatic N) is 2. The van der Waals surface area contributed by atoms with E-state index in [0.717, 1.165) is 16.8 Å². The van der Waals surface area contributed by atoms with Gasteiger partial charge in [-0.15, -0.1) is 0 Å². The first-order valence-corrected chi connectivity index (χ1v) is 6.46. The number of hydrogen-bond donors (Lipinski definition) is 1. The van der Waals surface area contributed by atoms with E-state index in [2.05, 4.69) is 16.6 Å². The van der Waals surface area contributed by atoms with Crippen LogP contribution in [0.25, 0.3) is 10.8 Å². The summed E-state index contributed by atoms with van der Waals surface area (Å²) in [5.74, 6) is 0.0999. The summed E-state index contributed by atoms with van der Waals surface area (Å²) in [5, 5.41) is 10.5. The first kappa shape index (κ1) is 15.2. The van der Waals surface area contributed by atoms with Gasteiger partial charge in [-0.2, -0.15) is 0 Å². The Labute approximate surface area is 127 Å². The van der Waals surface area contributed by atoms with Crippen LogP contribution >= 0.6 is 0 Å². The third-order valence-electron chi connectivity index (χ3n) is 2.68. The predicted molar refractivity (Wildman–Crippen MR) is 85.9 cm³/mol. The van der Waals surface area contributed by atoms with Crippen molar-refractivity contribution in [2.24, 2.45) is 4.99 Å². The number of benzene rings is 1. The number of allylic oxidation sites excluding steroid dienone is 2. The minimum atomic E-state index is -1.05. The summed E-state index contributed by atoms with van der Waals surface area (Å²) in [6.07, 6.45) is 10.2. The molecule has 0 amide bonds. The normalized spacial score (nSPS) is 12.1. The second kappa shape index (κ2) is 7.54. The molecule has 2 rings (SSSR count). The molecule has 1 aromatic carbocycles. The largest absolute Gasteiger partial charge is 0.478 e. The Balaban J connectivity index is 2.11. The fraction of sp³-hybridized carbons (Fsp3) is 0. The third-order valence-corrected chi connectivity index (χ3v) is 2.68. The standard InChI is InChI=1S/C17H14N2O3/c1-2-15(6-9-18-10-7-17(20)21)22-16-4-3-13-5-8-19-12-14(13)11-16/h2-12H,1H2,(H,20,21)/b10-7+,15-6+,18-9+. The zero-order valence-electron chi connectivity index (χ0n) is 11.7. The second-order valence-corrected chi connectivity index (χ2v) is 4.21. The Morgan fingerprint density at radius 3 is 2.95 bits per heavy atom. The number of carboxylic acids is 1. The van der Waals surface area contributed by atoms with E-state index in [4.69, 9.17) is 9.84 Å². The van der Waals surface area contributed by atoms with Gasteiger partial charge in [-0.25, -0.2) is 4.79 Å². The Morgan fingerprint density at radius 2 is 2.18 bits per heavy atom. The highest BCUT2D eigenvalue weighted by molar-refractivity contribution is 5.83. The van der Waals surface area contributed by atoms with E-state index in [0.29, 0.717) is 11.5 Å². The van der Waals surface area contributed by atoms with Crippen LogP contribution in [0, 0.1) is 0 Å². The van der Waals surface area contributed by atoms with Crippen LogP contribution in [0.4, 0.5) is 0 Å². The maximum atomic E-state index is 10.3. The van der Waals surface area contributed by atoms with Crippen LogP contribution in [0.5, 0.6) is 5.75 Å². The fourth-order valence-electron chi connectivity index (χ4n) is 1.68. The minimum Gasteiger partial charge on any atom is -0.478 e. The van der Waals surface area contributed by atoms with Crippen molar-refractivity contribution in [2.75, 3.05) is 0 Å². The SMILES string of the molecule is C=C\C(=C/C=N/C=C/C(=O)O)Oc1ccc2ccncc2c1. The number of carboxylic acid groups (broad SMARTS) is 1. The van der Waals surface area contributed by atoms with E-state index in [1.165, 1.54) is 12.4 Å². The molecule has 0 aliphatic heterocycles. The molecular weight excluding hydrogens is 280 g/mol. The van der Waals surface area contributed by atoms with Crippen molar-refractivity contribution in [2.45, 2.75) is 0 Å². The second-order valence-electron chi connectivity index (χ2n) is 4.21. The average Bonchev–Trinajstić information content (AvgIpc) is 2.53. The molecule has 0 atom stereocenters. The number of aliphatic carboxylic acids is 1. The van der Waals surface area contributed by atoms with Gasteiger partial charge in [0.25, 0.3) is 0 Å². The molecule has 0 aliphatic carbocycles. The number of aromatic nitrogens is 1. The molecule has 0 saturated carbocycles. The van der Waals surface area contributed by atoms with E-state index < -0.39 is 5.97 Å². The summed E-state index contributed by atoms with van der Waals surface area (Å²) in [6, 6.07) is 7.59. The lowest BCUT2D eigenvalue weighted by Gasteiger charge is -2.06. The number of hydrogen-bond acceptors (Lipinski definition) is 4. The predicted octanol–water partition coefficient (Wildman–Crippen LogP) is 3.35. The number of fused-ring (bicyclic) bond motifs is 1. The van der Waals surface area contributed by atoms with Crippen molar-refractivity contribution >= 4 is 23.0 Å². The van der Waals surface area contributed by atoms with Crippen LogP contribution in [0.2, 0.25) is 0 Å². The van der Waals surface area contributed by atoms with Gasteiger partial charge < -0.3 is 9.84 Å². The number of rotatable bonds is 6. The van der Waals surface area contributed by atoms with Crippen molar-refractivity contribution in [3.63, 3.8) is 0 Å². The van der Waals surface area contributed by atoms with Gasteiger partial charge in [0.05, 0.1) is 0 Å². The number of carbonyl (C=O) groups is 1. The van der Waals surface area contributed by atoms with Gasteiger partial charge in [-0.05, 0) is 35.7 Å². The van der Waals surface area contributed by atoms with Gasteiger partial charge in [0, 0.05) is 36.3 Å². The van der Waals surface area contributed by atoms with Crippen molar-refractivity contribution in [3.8, 4) is 5.75 Å². The zero-order chi connectivity index (χ0) is 15.8. The molecule has 1 aromatic heterocycles. The molecule has 0 bridgehead atoms. The third kappa shape index (κ3) is 4.42. The zero-order valence-corrected chi connectivity index (χ0v) is 11.7. The lowest BCUT2D eigenvalue weighted by atomic mass is 10.2. The average molecular weight is 294 g/mol. The van der Waals surface area contributed by atoms with Crippen LogP contribution < -0.4 is 4.74 Å². The molecule has 0 fully saturated rings. The molecule has 22 heavy (non-hydrogen) atoms. The molecule has 0 saturated heterocycles. The van der Waals surface area contributed by atoms with E-state index in [1.807, 2.05) is 24.3 Å². The smallest absolute Gasteiger partial charge is 0.329 e. The van der Waals surface area contributed by atoms with E-state index in [-0.39, 0.29) is 0 Å². The highest BCUT2D eigenvalue weighted by Gasteiger charge is 1.99. The monoisotopic (exact) mass is 294 g/mol. The molecule has 5 heteroatoms. The van der Waals surface area contributed by atoms with E-state index in [1.54, 1.807) is 24.5 Å². The Kier molecular flexibility index (Phi) is 5.20. The van der Waals surface area contributed by atoms with Gasteiger partial charge in [0.2, 0.25) is 0 Å². The number of pyridine rings is 1. The van der Waals surface area contributed by atoms with Crippen molar-refractivity contribution in [1.29, 1.82) is 0 Å². The van der Waals surface area contributed by atoms with Crippen LogP contribution in [-0.4, -0.2) is 22.3 Å². The summed E-state index contributed by atoms with van der Waals surface area (Å²) in [6.45, 7) is 3.67. The molecule has 1 N–H and O–H groups in total. The lowest BCUT2D eigenvalue weighted by Crippen LogP contribution is -1.92. The maximum Gasteiger partial charge on any atom is 0.329 e. The van der Waals surface area contributed by atoms with Gasteiger partial charge >= 0.3 is 5.97 Å². The van der Waals surface area contributed by atoms with Crippen LogP contribution in [0.3, 0.4) is 0 Å². The van der Waals surface area contributed by atoms with E-state index in [9.17, 15) is 4.79 Å². The van der Waals surface area contributed by atoms with Crippen molar-refractivity contribution in [1.82, 2.24) is 4.98 Å². The fourth-order valence-corrected chi connectivity index (χ4v) is 1.68. The summed E-state index contributed by atoms with van der Waals surface area (Å²) in [5.41, 5.74) is 0. The molecule has 1 heterocycles. The van der Waals surface area contributed by atoms with Crippen LogP contribution in [0.1, 0.15) is 0 Å².